The minimum atomic E-state index is -0.770. The van der Waals surface area contributed by atoms with Gasteiger partial charge in [-0.3, -0.25) is 0 Å². The molecular formula is C19H19NO2S2. The number of rotatable bonds is 4. The third kappa shape index (κ3) is 3.37. The first-order valence-electron chi connectivity index (χ1n) is 7.76. The van der Waals surface area contributed by atoms with Gasteiger partial charge in [0.15, 0.2) is 0 Å². The lowest BCUT2D eigenvalue weighted by atomic mass is 10.0. The van der Waals surface area contributed by atoms with Gasteiger partial charge in [0.1, 0.15) is 4.75 Å². The molecule has 0 bridgehead atoms. The van der Waals surface area contributed by atoms with Crippen molar-refractivity contribution in [3.8, 4) is 0 Å². The molecule has 0 saturated carbocycles. The molecule has 0 N–H and O–H groups in total. The van der Waals surface area contributed by atoms with Gasteiger partial charge < -0.3 is 4.84 Å². The molecule has 1 aliphatic rings. The van der Waals surface area contributed by atoms with Crippen LogP contribution in [0.4, 0.5) is 0 Å². The molecule has 0 fully saturated rings. The van der Waals surface area contributed by atoms with Gasteiger partial charge in [0.05, 0.1) is 5.71 Å². The Morgan fingerprint density at radius 3 is 2.62 bits per heavy atom. The summed E-state index contributed by atoms with van der Waals surface area (Å²) in [7, 11) is 0. The van der Waals surface area contributed by atoms with Crippen molar-refractivity contribution >= 4 is 35.2 Å². The Labute approximate surface area is 150 Å². The van der Waals surface area contributed by atoms with Gasteiger partial charge in [-0.1, -0.05) is 53.7 Å². The van der Waals surface area contributed by atoms with Gasteiger partial charge in [-0.15, -0.1) is 23.5 Å². The van der Waals surface area contributed by atoms with Crippen molar-refractivity contribution in [2.45, 2.75) is 23.0 Å². The number of carbonyl (C=O) groups excluding carboxylic acids is 1. The van der Waals surface area contributed by atoms with Gasteiger partial charge in [-0.25, -0.2) is 4.79 Å². The Morgan fingerprint density at radius 2 is 1.88 bits per heavy atom. The Bertz CT molecular complexity index is 761. The van der Waals surface area contributed by atoms with Gasteiger partial charge in [-0.05, 0) is 24.8 Å². The normalized spacial score (nSPS) is 17.8. The van der Waals surface area contributed by atoms with Crippen LogP contribution in [-0.2, 0) is 14.4 Å². The lowest BCUT2D eigenvalue weighted by Gasteiger charge is -2.24. The molecule has 0 saturated heterocycles. The number of benzene rings is 2. The zero-order chi connectivity index (χ0) is 17.0. The SMILES string of the molecule is CSC(C)(C(=O)O/N=C1\CCSc2ccccc21)c1ccccc1. The van der Waals surface area contributed by atoms with Crippen molar-refractivity contribution < 1.29 is 9.63 Å². The molecule has 1 atom stereocenters. The maximum Gasteiger partial charge on any atom is 0.355 e. The van der Waals surface area contributed by atoms with Crippen LogP contribution >= 0.6 is 23.5 Å². The highest BCUT2D eigenvalue weighted by molar-refractivity contribution is 8.00. The number of thioether (sulfide) groups is 2. The first-order valence-corrected chi connectivity index (χ1v) is 9.97. The summed E-state index contributed by atoms with van der Waals surface area (Å²) in [6.45, 7) is 1.88. The fourth-order valence-electron chi connectivity index (χ4n) is 2.58. The average molecular weight is 358 g/mol. The Morgan fingerprint density at radius 1 is 1.17 bits per heavy atom. The molecule has 24 heavy (non-hydrogen) atoms. The highest BCUT2D eigenvalue weighted by atomic mass is 32.2. The summed E-state index contributed by atoms with van der Waals surface area (Å²) >= 11 is 3.27. The summed E-state index contributed by atoms with van der Waals surface area (Å²) in [5.74, 6) is 0.607. The molecule has 1 unspecified atom stereocenters. The van der Waals surface area contributed by atoms with Gasteiger partial charge in [-0.2, -0.15) is 0 Å². The van der Waals surface area contributed by atoms with Crippen molar-refractivity contribution in [1.29, 1.82) is 0 Å². The topological polar surface area (TPSA) is 38.7 Å². The van der Waals surface area contributed by atoms with Crippen LogP contribution in [0.3, 0.4) is 0 Å². The molecule has 5 heteroatoms. The lowest BCUT2D eigenvalue weighted by Crippen LogP contribution is -2.30. The Balaban J connectivity index is 1.83. The molecule has 2 aromatic carbocycles. The summed E-state index contributed by atoms with van der Waals surface area (Å²) in [6.07, 6.45) is 2.71. The first kappa shape index (κ1) is 17.1. The number of nitrogens with zero attached hydrogens (tertiary/aromatic N) is 1. The summed E-state index contributed by atoms with van der Waals surface area (Å²) in [4.78, 5) is 19.3. The summed E-state index contributed by atoms with van der Waals surface area (Å²) in [5, 5.41) is 4.20. The third-order valence-corrected chi connectivity index (χ3v) is 6.45. The largest absolute Gasteiger partial charge is 0.355 e. The van der Waals surface area contributed by atoms with Crippen LogP contribution in [0.15, 0.2) is 64.6 Å². The summed E-state index contributed by atoms with van der Waals surface area (Å²) in [5.41, 5.74) is 2.82. The van der Waals surface area contributed by atoms with E-state index >= 15 is 0 Å². The van der Waals surface area contributed by atoms with E-state index in [-0.39, 0.29) is 5.97 Å². The molecule has 0 aromatic heterocycles. The Kier molecular flexibility index (Phi) is 5.31. The monoisotopic (exact) mass is 357 g/mol. The van der Waals surface area contributed by atoms with E-state index in [4.69, 9.17) is 4.84 Å². The van der Waals surface area contributed by atoms with E-state index in [0.29, 0.717) is 0 Å². The number of fused-ring (bicyclic) bond motifs is 1. The van der Waals surface area contributed by atoms with Gasteiger partial charge in [0, 0.05) is 22.6 Å². The molecule has 1 heterocycles. The summed E-state index contributed by atoms with van der Waals surface area (Å²) < 4.78 is -0.770. The predicted molar refractivity (Wildman–Crippen MR) is 102 cm³/mol. The van der Waals surface area contributed by atoms with Gasteiger partial charge in [0.25, 0.3) is 0 Å². The highest BCUT2D eigenvalue weighted by Crippen LogP contribution is 2.36. The molecule has 0 amide bonds. The van der Waals surface area contributed by atoms with Crippen molar-refractivity contribution in [1.82, 2.24) is 0 Å². The maximum absolute atomic E-state index is 12.7. The zero-order valence-electron chi connectivity index (χ0n) is 13.7. The fourth-order valence-corrected chi connectivity index (χ4v) is 4.18. The number of hydrogen-bond donors (Lipinski definition) is 0. The minimum absolute atomic E-state index is 0.343. The van der Waals surface area contributed by atoms with Crippen LogP contribution in [0, 0.1) is 0 Å². The zero-order valence-corrected chi connectivity index (χ0v) is 15.3. The lowest BCUT2D eigenvalue weighted by molar-refractivity contribution is -0.146. The van der Waals surface area contributed by atoms with Crippen LogP contribution in [0.25, 0.3) is 0 Å². The highest BCUT2D eigenvalue weighted by Gasteiger charge is 2.37. The molecule has 1 aliphatic heterocycles. The molecule has 0 spiro atoms. The first-order chi connectivity index (χ1) is 11.6. The van der Waals surface area contributed by atoms with Crippen molar-refractivity contribution in [3.05, 3.63) is 65.7 Å². The van der Waals surface area contributed by atoms with E-state index in [1.807, 2.05) is 73.5 Å². The van der Waals surface area contributed by atoms with Crippen LogP contribution in [-0.4, -0.2) is 23.7 Å². The second-order valence-corrected chi connectivity index (χ2v) is 7.98. The standard InChI is InChI=1S/C19H19NO2S2/c1-19(23-2,14-8-4-3-5-9-14)18(21)22-20-16-12-13-24-17-11-7-6-10-15(16)17/h3-11H,12-13H2,1-2H3/b20-16+. The summed E-state index contributed by atoms with van der Waals surface area (Å²) in [6, 6.07) is 17.8. The molecule has 0 aliphatic carbocycles. The molecule has 2 aromatic rings. The second-order valence-electron chi connectivity index (χ2n) is 5.61. The molecule has 3 rings (SSSR count). The van der Waals surface area contributed by atoms with Crippen LogP contribution in [0.1, 0.15) is 24.5 Å². The molecule has 0 radical (unpaired) electrons. The molecule has 3 nitrogen and oxygen atoms in total. The number of carbonyl (C=O) groups is 1. The number of oxime groups is 1. The smallest absolute Gasteiger partial charge is 0.316 e. The second kappa shape index (κ2) is 7.45. The third-order valence-electron chi connectivity index (χ3n) is 4.16. The average Bonchev–Trinajstić information content (AvgIpc) is 2.66. The van der Waals surface area contributed by atoms with E-state index < -0.39 is 4.75 Å². The van der Waals surface area contributed by atoms with E-state index in [1.54, 1.807) is 0 Å². The maximum atomic E-state index is 12.7. The van der Waals surface area contributed by atoms with Crippen molar-refractivity contribution in [2.24, 2.45) is 5.16 Å². The van der Waals surface area contributed by atoms with Gasteiger partial charge in [0.2, 0.25) is 0 Å². The molecular weight excluding hydrogens is 338 g/mol. The van der Waals surface area contributed by atoms with Gasteiger partial charge >= 0.3 is 5.97 Å². The quantitative estimate of drug-likeness (QED) is 0.587. The number of hydrogen-bond acceptors (Lipinski definition) is 5. The predicted octanol–water partition coefficient (Wildman–Crippen LogP) is 4.71. The van der Waals surface area contributed by atoms with Crippen molar-refractivity contribution in [2.75, 3.05) is 12.0 Å². The Hall–Kier alpha value is -1.72. The minimum Gasteiger partial charge on any atom is -0.316 e. The van der Waals surface area contributed by atoms with Crippen LogP contribution in [0.2, 0.25) is 0 Å². The van der Waals surface area contributed by atoms with Crippen LogP contribution < -0.4 is 0 Å². The van der Waals surface area contributed by atoms with E-state index in [2.05, 4.69) is 11.2 Å². The van der Waals surface area contributed by atoms with Crippen molar-refractivity contribution in [3.63, 3.8) is 0 Å². The van der Waals surface area contributed by atoms with E-state index in [0.717, 1.165) is 29.0 Å². The van der Waals surface area contributed by atoms with E-state index in [9.17, 15) is 4.79 Å². The molecule has 124 valence electrons. The van der Waals surface area contributed by atoms with E-state index in [1.165, 1.54) is 16.7 Å². The fraction of sp³-hybridized carbons (Fsp3) is 0.263. The van der Waals surface area contributed by atoms with Crippen LogP contribution in [0.5, 0.6) is 0 Å².